The first-order valence-corrected chi connectivity index (χ1v) is 11.5. The van der Waals surface area contributed by atoms with Gasteiger partial charge in [0.2, 0.25) is 5.91 Å². The zero-order valence-corrected chi connectivity index (χ0v) is 17.9. The summed E-state index contributed by atoms with van der Waals surface area (Å²) in [5, 5.41) is 8.67. The van der Waals surface area contributed by atoms with E-state index in [0.29, 0.717) is 25.8 Å². The van der Waals surface area contributed by atoms with Crippen LogP contribution in [0.1, 0.15) is 36.8 Å². The molecule has 1 heterocycles. The first kappa shape index (κ1) is 22.1. The first-order chi connectivity index (χ1) is 14.7. The molecule has 0 aliphatic carbocycles. The van der Waals surface area contributed by atoms with Gasteiger partial charge in [0.15, 0.2) is 0 Å². The van der Waals surface area contributed by atoms with Gasteiger partial charge < -0.3 is 4.90 Å². The summed E-state index contributed by atoms with van der Waals surface area (Å²) in [4.78, 5) is 31.5. The van der Waals surface area contributed by atoms with Gasteiger partial charge in [-0.05, 0) is 37.3 Å². The standard InChI is InChI=1S/C23H27N3O3S/c1-30-16-14-19-23(28)26(15-8-7-13-21(27)25-29)20-12-6-5-11-18(20)22(24-19)17-9-3-2-4-10-17/h2-6,9-12,19,29H,7-8,13-16H2,1H3,(H,25,27)/t19-/m0/s1. The molecular weight excluding hydrogens is 398 g/mol. The van der Waals surface area contributed by atoms with Crippen molar-refractivity contribution in [3.05, 3.63) is 65.7 Å². The van der Waals surface area contributed by atoms with E-state index in [-0.39, 0.29) is 12.3 Å². The van der Waals surface area contributed by atoms with Crippen LogP contribution in [0.5, 0.6) is 0 Å². The Morgan fingerprint density at radius 2 is 1.87 bits per heavy atom. The quantitative estimate of drug-likeness (QED) is 0.365. The number of amides is 2. The van der Waals surface area contributed by atoms with Gasteiger partial charge in [-0.15, -0.1) is 0 Å². The van der Waals surface area contributed by atoms with E-state index in [1.807, 2.05) is 65.8 Å². The second-order valence-electron chi connectivity index (χ2n) is 7.14. The highest BCUT2D eigenvalue weighted by Gasteiger charge is 2.31. The number of hydrogen-bond acceptors (Lipinski definition) is 5. The van der Waals surface area contributed by atoms with E-state index in [1.54, 1.807) is 17.2 Å². The van der Waals surface area contributed by atoms with Gasteiger partial charge in [-0.1, -0.05) is 48.5 Å². The lowest BCUT2D eigenvalue weighted by molar-refractivity contribution is -0.129. The van der Waals surface area contributed by atoms with E-state index in [1.165, 1.54) is 0 Å². The van der Waals surface area contributed by atoms with Crippen LogP contribution < -0.4 is 10.4 Å². The second kappa shape index (κ2) is 10.9. The number of hydrogen-bond donors (Lipinski definition) is 2. The molecule has 0 spiro atoms. The summed E-state index contributed by atoms with van der Waals surface area (Å²) in [6, 6.07) is 17.4. The summed E-state index contributed by atoms with van der Waals surface area (Å²) in [7, 11) is 0. The molecule has 2 amide bonds. The van der Waals surface area contributed by atoms with E-state index < -0.39 is 11.9 Å². The van der Waals surface area contributed by atoms with Gasteiger partial charge in [-0.3, -0.25) is 19.8 Å². The van der Waals surface area contributed by atoms with Gasteiger partial charge in [0.1, 0.15) is 6.04 Å². The van der Waals surface area contributed by atoms with Crippen molar-refractivity contribution in [2.45, 2.75) is 31.7 Å². The van der Waals surface area contributed by atoms with E-state index >= 15 is 0 Å². The number of nitrogens with zero attached hydrogens (tertiary/aromatic N) is 2. The Bertz CT molecular complexity index is 902. The number of hydroxylamine groups is 1. The summed E-state index contributed by atoms with van der Waals surface area (Å²) in [5.41, 5.74) is 5.28. The molecule has 0 fully saturated rings. The summed E-state index contributed by atoms with van der Waals surface area (Å²) >= 11 is 1.71. The van der Waals surface area contributed by atoms with Crippen molar-refractivity contribution in [1.29, 1.82) is 0 Å². The Balaban J connectivity index is 1.95. The molecule has 158 valence electrons. The fraction of sp³-hybridized carbons (Fsp3) is 0.348. The normalized spacial score (nSPS) is 15.9. The predicted octanol–water partition coefficient (Wildman–Crippen LogP) is 3.67. The van der Waals surface area contributed by atoms with Crippen LogP contribution in [0, 0.1) is 0 Å². The molecule has 1 aliphatic rings. The molecule has 1 atom stereocenters. The largest absolute Gasteiger partial charge is 0.310 e. The molecule has 0 unspecified atom stereocenters. The van der Waals surface area contributed by atoms with Gasteiger partial charge in [-0.2, -0.15) is 11.8 Å². The zero-order chi connectivity index (χ0) is 21.3. The highest BCUT2D eigenvalue weighted by Crippen LogP contribution is 2.30. The van der Waals surface area contributed by atoms with Crippen LogP contribution >= 0.6 is 11.8 Å². The van der Waals surface area contributed by atoms with Crippen LogP contribution in [0.15, 0.2) is 59.6 Å². The van der Waals surface area contributed by atoms with Crippen molar-refractivity contribution < 1.29 is 14.8 Å². The molecule has 3 rings (SSSR count). The minimum atomic E-state index is -0.444. The maximum Gasteiger partial charge on any atom is 0.251 e. The van der Waals surface area contributed by atoms with Gasteiger partial charge in [0.25, 0.3) is 5.91 Å². The van der Waals surface area contributed by atoms with Gasteiger partial charge in [-0.25, -0.2) is 5.48 Å². The van der Waals surface area contributed by atoms with Crippen molar-refractivity contribution in [1.82, 2.24) is 5.48 Å². The average Bonchev–Trinajstić information content (AvgIpc) is 2.90. The summed E-state index contributed by atoms with van der Waals surface area (Å²) < 4.78 is 0. The molecule has 6 nitrogen and oxygen atoms in total. The van der Waals surface area contributed by atoms with Crippen molar-refractivity contribution in [3.8, 4) is 0 Å². The number of benzene rings is 2. The third-order valence-corrected chi connectivity index (χ3v) is 5.73. The van der Waals surface area contributed by atoms with E-state index in [9.17, 15) is 9.59 Å². The topological polar surface area (TPSA) is 82.0 Å². The fourth-order valence-corrected chi connectivity index (χ4v) is 4.03. The number of carbonyl (C=O) groups excluding carboxylic acids is 2. The average molecular weight is 426 g/mol. The molecule has 1 aliphatic heterocycles. The van der Waals surface area contributed by atoms with Crippen molar-refractivity contribution in [3.63, 3.8) is 0 Å². The smallest absolute Gasteiger partial charge is 0.251 e. The lowest BCUT2D eigenvalue weighted by atomic mass is 10.00. The Hall–Kier alpha value is -2.64. The minimum Gasteiger partial charge on any atom is -0.310 e. The van der Waals surface area contributed by atoms with E-state index in [0.717, 1.165) is 28.3 Å². The second-order valence-corrected chi connectivity index (χ2v) is 8.13. The Morgan fingerprint density at radius 1 is 1.13 bits per heavy atom. The molecule has 0 radical (unpaired) electrons. The van der Waals surface area contributed by atoms with E-state index in [2.05, 4.69) is 0 Å². The summed E-state index contributed by atoms with van der Waals surface area (Å²) in [6.45, 7) is 0.502. The number of anilines is 1. The summed E-state index contributed by atoms with van der Waals surface area (Å²) in [6.07, 6.45) is 4.17. The molecule has 0 saturated carbocycles. The Morgan fingerprint density at radius 3 is 2.60 bits per heavy atom. The number of fused-ring (bicyclic) bond motifs is 1. The molecular formula is C23H27N3O3S. The molecule has 0 aromatic heterocycles. The number of para-hydroxylation sites is 1. The zero-order valence-electron chi connectivity index (χ0n) is 17.1. The van der Waals surface area contributed by atoms with Gasteiger partial charge >= 0.3 is 0 Å². The lowest BCUT2D eigenvalue weighted by Crippen LogP contribution is -2.39. The molecule has 30 heavy (non-hydrogen) atoms. The summed E-state index contributed by atoms with van der Waals surface area (Å²) in [5.74, 6) is 0.433. The molecule has 2 aromatic rings. The van der Waals surface area contributed by atoms with Crippen molar-refractivity contribution >= 4 is 35.0 Å². The Kier molecular flexibility index (Phi) is 8.04. The molecule has 7 heteroatoms. The first-order valence-electron chi connectivity index (χ1n) is 10.1. The number of nitrogens with one attached hydrogen (secondary N) is 1. The Labute approximate surface area is 181 Å². The highest BCUT2D eigenvalue weighted by molar-refractivity contribution is 7.98. The number of unbranched alkanes of at least 4 members (excludes halogenated alkanes) is 1. The predicted molar refractivity (Wildman–Crippen MR) is 121 cm³/mol. The third-order valence-electron chi connectivity index (χ3n) is 5.09. The number of aliphatic imine (C=N–C) groups is 1. The minimum absolute atomic E-state index is 0.00552. The van der Waals surface area contributed by atoms with Crippen LogP contribution in [0.4, 0.5) is 5.69 Å². The van der Waals surface area contributed by atoms with Crippen molar-refractivity contribution in [2.24, 2.45) is 4.99 Å². The van der Waals surface area contributed by atoms with Gasteiger partial charge in [0, 0.05) is 24.1 Å². The number of benzodiazepines with no additional fused rings is 1. The maximum atomic E-state index is 13.5. The van der Waals surface area contributed by atoms with E-state index in [4.69, 9.17) is 10.2 Å². The maximum absolute atomic E-state index is 13.5. The van der Waals surface area contributed by atoms with Crippen LogP contribution in [0.3, 0.4) is 0 Å². The number of carbonyl (C=O) groups is 2. The molecule has 2 aromatic carbocycles. The SMILES string of the molecule is CSCC[C@@H]1N=C(c2ccccc2)c2ccccc2N(CCCCC(=O)NO)C1=O. The highest BCUT2D eigenvalue weighted by atomic mass is 32.2. The fourth-order valence-electron chi connectivity index (χ4n) is 3.57. The lowest BCUT2D eigenvalue weighted by Gasteiger charge is -2.25. The molecule has 2 N–H and O–H groups in total. The van der Waals surface area contributed by atoms with Crippen molar-refractivity contribution in [2.75, 3.05) is 23.5 Å². The van der Waals surface area contributed by atoms with Crippen LogP contribution in [0.25, 0.3) is 0 Å². The molecule has 0 saturated heterocycles. The van der Waals surface area contributed by atoms with Crippen LogP contribution in [-0.2, 0) is 9.59 Å². The van der Waals surface area contributed by atoms with Crippen LogP contribution in [0.2, 0.25) is 0 Å². The van der Waals surface area contributed by atoms with Crippen LogP contribution in [-0.4, -0.2) is 47.3 Å². The third kappa shape index (κ3) is 5.29. The number of rotatable bonds is 9. The monoisotopic (exact) mass is 425 g/mol. The van der Waals surface area contributed by atoms with Gasteiger partial charge in [0.05, 0.1) is 11.4 Å². The molecule has 0 bridgehead atoms. The number of thioether (sulfide) groups is 1.